The number of carbonyl (C=O) groups excluding carboxylic acids is 2. The molecule has 4 N–H and O–H groups in total. The number of rotatable bonds is 7. The standard InChI is InChI=1S/C32H31F3N8O3/c1-41-27-23(7-17(9-25(27)46-2)32(45)42-13-18(33)10-19(36)14-42)39-31(41)24-8-16-5-6-22(38-30(16)43(24)12-15-3-4-15)26-21(34)11-20(29(37)44)28(35)40-26/h5-9,11,15,18-19H,3-4,10,12-14,36H2,1-2H3,(H2,37,44)/t18-,19-/m1/s1. The Kier molecular flexibility index (Phi) is 7.18. The zero-order valence-electron chi connectivity index (χ0n) is 25.1. The van der Waals surface area contributed by atoms with E-state index >= 15 is 0 Å². The van der Waals surface area contributed by atoms with Gasteiger partial charge in [0.05, 0.1) is 36.1 Å². The predicted molar refractivity (Wildman–Crippen MR) is 164 cm³/mol. The summed E-state index contributed by atoms with van der Waals surface area (Å²) in [5.74, 6) is -2.18. The number of likely N-dealkylation sites (tertiary alicyclic amines) is 1. The van der Waals surface area contributed by atoms with Gasteiger partial charge in [0.2, 0.25) is 5.95 Å². The molecule has 0 unspecified atom stereocenters. The molecule has 2 atom stereocenters. The van der Waals surface area contributed by atoms with Gasteiger partial charge in [-0.2, -0.15) is 4.39 Å². The minimum Gasteiger partial charge on any atom is -0.494 e. The van der Waals surface area contributed by atoms with Gasteiger partial charge in [-0.05, 0) is 61.6 Å². The van der Waals surface area contributed by atoms with Crippen molar-refractivity contribution in [2.24, 2.45) is 24.4 Å². The summed E-state index contributed by atoms with van der Waals surface area (Å²) in [6.07, 6.45) is 1.10. The van der Waals surface area contributed by atoms with E-state index in [-0.39, 0.29) is 36.8 Å². The Bertz CT molecular complexity index is 2040. The molecule has 46 heavy (non-hydrogen) atoms. The van der Waals surface area contributed by atoms with Crippen LogP contribution in [0.1, 0.15) is 40.0 Å². The first kappa shape index (κ1) is 29.7. The van der Waals surface area contributed by atoms with Gasteiger partial charge in [-0.3, -0.25) is 9.59 Å². The average molecular weight is 633 g/mol. The average Bonchev–Trinajstić information content (AvgIpc) is 3.69. The van der Waals surface area contributed by atoms with Crippen LogP contribution in [-0.2, 0) is 13.6 Å². The van der Waals surface area contributed by atoms with Crippen molar-refractivity contribution in [3.05, 3.63) is 59.3 Å². The van der Waals surface area contributed by atoms with E-state index in [1.165, 1.54) is 18.1 Å². The number of alkyl halides is 1. The van der Waals surface area contributed by atoms with Gasteiger partial charge in [-0.1, -0.05) is 0 Å². The van der Waals surface area contributed by atoms with Gasteiger partial charge in [0.15, 0.2) is 11.6 Å². The predicted octanol–water partition coefficient (Wildman–Crippen LogP) is 3.96. The Morgan fingerprint density at radius 2 is 1.85 bits per heavy atom. The highest BCUT2D eigenvalue weighted by Gasteiger charge is 2.31. The highest BCUT2D eigenvalue weighted by atomic mass is 19.1. The van der Waals surface area contributed by atoms with Gasteiger partial charge < -0.3 is 30.2 Å². The Balaban J connectivity index is 1.34. The first-order valence-electron chi connectivity index (χ1n) is 14.9. The zero-order valence-corrected chi connectivity index (χ0v) is 25.1. The van der Waals surface area contributed by atoms with Crippen LogP contribution in [0.15, 0.2) is 36.4 Å². The number of methoxy groups -OCH3 is 1. The second-order valence-corrected chi connectivity index (χ2v) is 12.1. The summed E-state index contributed by atoms with van der Waals surface area (Å²) in [4.78, 5) is 39.6. The maximum absolute atomic E-state index is 15.0. The molecule has 7 rings (SSSR count). The smallest absolute Gasteiger partial charge is 0.254 e. The fourth-order valence-corrected chi connectivity index (χ4v) is 6.25. The summed E-state index contributed by atoms with van der Waals surface area (Å²) in [6, 6.07) is 8.77. The van der Waals surface area contributed by atoms with Crippen molar-refractivity contribution in [3.63, 3.8) is 0 Å². The fraction of sp³-hybridized carbons (Fsp3) is 0.344. The summed E-state index contributed by atoms with van der Waals surface area (Å²) in [7, 11) is 3.35. The van der Waals surface area contributed by atoms with E-state index in [2.05, 4.69) is 4.98 Å². The minimum atomic E-state index is -1.19. The number of imidazole rings is 1. The third kappa shape index (κ3) is 5.11. The Morgan fingerprint density at radius 3 is 2.54 bits per heavy atom. The molecule has 14 heteroatoms. The number of aryl methyl sites for hydroxylation is 1. The van der Waals surface area contributed by atoms with Crippen molar-refractivity contribution < 1.29 is 27.5 Å². The molecule has 5 aromatic rings. The molecule has 1 saturated carbocycles. The lowest BCUT2D eigenvalue weighted by atomic mass is 10.0. The molecule has 1 aliphatic heterocycles. The first-order chi connectivity index (χ1) is 22.0. The molecule has 11 nitrogen and oxygen atoms in total. The van der Waals surface area contributed by atoms with Crippen molar-refractivity contribution >= 4 is 33.9 Å². The van der Waals surface area contributed by atoms with Crippen molar-refractivity contribution in [2.45, 2.75) is 38.0 Å². The van der Waals surface area contributed by atoms with Gasteiger partial charge in [0, 0.05) is 37.1 Å². The van der Waals surface area contributed by atoms with Gasteiger partial charge in [0.1, 0.15) is 28.8 Å². The van der Waals surface area contributed by atoms with Crippen molar-refractivity contribution in [3.8, 4) is 28.7 Å². The van der Waals surface area contributed by atoms with Crippen LogP contribution in [0.5, 0.6) is 5.75 Å². The third-order valence-electron chi connectivity index (χ3n) is 8.67. The molecule has 5 heterocycles. The van der Waals surface area contributed by atoms with Gasteiger partial charge in [-0.15, -0.1) is 0 Å². The first-order valence-corrected chi connectivity index (χ1v) is 14.9. The van der Waals surface area contributed by atoms with E-state index in [4.69, 9.17) is 26.2 Å². The maximum atomic E-state index is 15.0. The van der Waals surface area contributed by atoms with Crippen LogP contribution < -0.4 is 16.2 Å². The fourth-order valence-electron chi connectivity index (χ4n) is 6.25. The number of amides is 2. The molecule has 0 radical (unpaired) electrons. The van der Waals surface area contributed by atoms with Crippen molar-refractivity contribution in [2.75, 3.05) is 20.2 Å². The molecule has 1 aromatic carbocycles. The second-order valence-electron chi connectivity index (χ2n) is 12.1. The number of nitrogens with two attached hydrogens (primary N) is 2. The number of aromatic nitrogens is 5. The van der Waals surface area contributed by atoms with Crippen molar-refractivity contribution in [1.82, 2.24) is 29.0 Å². The second kappa shape index (κ2) is 11.1. The number of carbonyl (C=O) groups is 2. The van der Waals surface area contributed by atoms with E-state index in [0.29, 0.717) is 46.3 Å². The monoisotopic (exact) mass is 632 g/mol. The number of benzene rings is 1. The Labute approximate surface area is 261 Å². The highest BCUT2D eigenvalue weighted by Crippen LogP contribution is 2.38. The number of ether oxygens (including phenoxy) is 1. The molecule has 2 fully saturated rings. The van der Waals surface area contributed by atoms with Crippen LogP contribution in [0.2, 0.25) is 0 Å². The highest BCUT2D eigenvalue weighted by molar-refractivity contribution is 6.00. The molecular weight excluding hydrogens is 601 g/mol. The summed E-state index contributed by atoms with van der Waals surface area (Å²) in [5.41, 5.74) is 13.0. The SMILES string of the molecule is COc1cc(C(=O)N2C[C@H](N)C[C@@H](F)C2)cc2nc(-c3cc4ccc(-c5nc(F)c(C(N)=O)cc5F)nc4n3CC3CC3)n(C)c12. The number of fused-ring (bicyclic) bond motifs is 2. The lowest BCUT2D eigenvalue weighted by Crippen LogP contribution is -2.50. The molecule has 1 aliphatic carbocycles. The lowest BCUT2D eigenvalue weighted by Gasteiger charge is -2.33. The number of pyridine rings is 2. The molecular formula is C32H31F3N8O3. The third-order valence-corrected chi connectivity index (χ3v) is 8.67. The van der Waals surface area contributed by atoms with E-state index in [1.807, 2.05) is 22.2 Å². The quantitative estimate of drug-likeness (QED) is 0.258. The van der Waals surface area contributed by atoms with Crippen LogP contribution in [-0.4, -0.2) is 73.2 Å². The van der Waals surface area contributed by atoms with Crippen LogP contribution in [0.3, 0.4) is 0 Å². The Morgan fingerprint density at radius 1 is 1.07 bits per heavy atom. The normalized spacial score (nSPS) is 18.4. The van der Waals surface area contributed by atoms with Crippen LogP contribution in [0.25, 0.3) is 45.0 Å². The summed E-state index contributed by atoms with van der Waals surface area (Å²) < 4.78 is 53.3. The zero-order chi connectivity index (χ0) is 32.4. The molecule has 0 spiro atoms. The molecule has 1 saturated heterocycles. The number of nitrogens with zero attached hydrogens (tertiary/aromatic N) is 6. The van der Waals surface area contributed by atoms with Crippen LogP contribution >= 0.6 is 0 Å². The summed E-state index contributed by atoms with van der Waals surface area (Å²) in [6.45, 7) is 0.840. The number of hydrogen-bond donors (Lipinski definition) is 2. The number of halogens is 3. The minimum absolute atomic E-state index is 0.0298. The van der Waals surface area contributed by atoms with E-state index in [9.17, 15) is 22.8 Å². The number of hydrogen-bond acceptors (Lipinski definition) is 7. The Hall–Kier alpha value is -4.98. The van der Waals surface area contributed by atoms with E-state index in [1.54, 1.807) is 18.2 Å². The van der Waals surface area contributed by atoms with Gasteiger partial charge in [0.25, 0.3) is 11.8 Å². The van der Waals surface area contributed by atoms with Gasteiger partial charge in [-0.25, -0.2) is 23.7 Å². The largest absolute Gasteiger partial charge is 0.494 e. The van der Waals surface area contributed by atoms with Gasteiger partial charge >= 0.3 is 0 Å². The molecule has 2 aliphatic rings. The van der Waals surface area contributed by atoms with E-state index < -0.39 is 35.4 Å². The molecule has 2 amide bonds. The van der Waals surface area contributed by atoms with Crippen LogP contribution in [0.4, 0.5) is 13.2 Å². The lowest BCUT2D eigenvalue weighted by molar-refractivity contribution is 0.0606. The molecule has 0 bridgehead atoms. The number of piperidine rings is 1. The molecule has 238 valence electrons. The topological polar surface area (TPSA) is 147 Å². The maximum Gasteiger partial charge on any atom is 0.254 e. The summed E-state index contributed by atoms with van der Waals surface area (Å²) in [5, 5.41) is 0.742. The van der Waals surface area contributed by atoms with E-state index in [0.717, 1.165) is 30.0 Å². The molecule has 4 aromatic heterocycles. The number of primary amides is 1. The summed E-state index contributed by atoms with van der Waals surface area (Å²) >= 11 is 0. The van der Waals surface area contributed by atoms with Crippen LogP contribution in [0, 0.1) is 17.7 Å². The van der Waals surface area contributed by atoms with Crippen molar-refractivity contribution in [1.29, 1.82) is 0 Å².